The first kappa shape index (κ1) is 30.7. The molecule has 0 bridgehead atoms. The molecule has 1 unspecified atom stereocenters. The molecule has 0 aliphatic carbocycles. The Kier molecular flexibility index (Phi) is 11.8. The number of carbonyl (C=O) groups excluding carboxylic acids is 3. The molecule has 214 valence electrons. The fourth-order valence-electron chi connectivity index (χ4n) is 3.35. The van der Waals surface area contributed by atoms with Crippen LogP contribution in [0.25, 0.3) is 0 Å². The molecule has 7 N–H and O–H groups in total. The van der Waals surface area contributed by atoms with Gasteiger partial charge >= 0.3 is 18.0 Å². The maximum Gasteiger partial charge on any atom is 0.407 e. The number of ether oxygens (including phenoxy) is 3. The minimum atomic E-state index is -1.29. The summed E-state index contributed by atoms with van der Waals surface area (Å²) in [6.45, 7) is 1.31. The van der Waals surface area contributed by atoms with E-state index in [1.807, 2.05) is 0 Å². The van der Waals surface area contributed by atoms with Gasteiger partial charge in [0.2, 0.25) is 0 Å². The van der Waals surface area contributed by atoms with Gasteiger partial charge in [0.05, 0.1) is 24.3 Å². The zero-order valence-electron chi connectivity index (χ0n) is 21.4. The lowest BCUT2D eigenvalue weighted by Gasteiger charge is -2.19. The highest BCUT2D eigenvalue weighted by atomic mass is 16.6. The molecule has 2 aromatic rings. The average molecular weight is 552 g/mol. The molecule has 1 amide bonds. The minimum Gasteiger partial charge on any atom is -0.504 e. The molecule has 0 radical (unpaired) electrons. The first-order valence-electron chi connectivity index (χ1n) is 12.3. The highest BCUT2D eigenvalue weighted by Crippen LogP contribution is 2.36. The van der Waals surface area contributed by atoms with Gasteiger partial charge in [0.1, 0.15) is 6.61 Å². The molecule has 0 heterocycles. The molecule has 0 fully saturated rings. The number of phenolic OH excluding ortho intramolecular Hbond substituents is 6. The van der Waals surface area contributed by atoms with Crippen molar-refractivity contribution >= 4 is 18.0 Å². The molecule has 0 saturated carbocycles. The second-order valence-electron chi connectivity index (χ2n) is 8.64. The molecule has 2 rings (SSSR count). The molecule has 0 aliphatic rings. The van der Waals surface area contributed by atoms with E-state index in [4.69, 9.17) is 14.2 Å². The van der Waals surface area contributed by atoms with Crippen LogP contribution >= 0.6 is 0 Å². The first-order valence-corrected chi connectivity index (χ1v) is 12.3. The Morgan fingerprint density at radius 2 is 1.21 bits per heavy atom. The van der Waals surface area contributed by atoms with Crippen LogP contribution in [0.3, 0.4) is 0 Å². The fourth-order valence-corrected chi connectivity index (χ4v) is 3.35. The Bertz CT molecular complexity index is 1100. The van der Waals surface area contributed by atoms with Gasteiger partial charge in [-0.25, -0.2) is 14.4 Å². The van der Waals surface area contributed by atoms with Crippen LogP contribution in [0.5, 0.6) is 34.5 Å². The van der Waals surface area contributed by atoms with E-state index >= 15 is 0 Å². The van der Waals surface area contributed by atoms with Gasteiger partial charge in [-0.1, -0.05) is 39.0 Å². The van der Waals surface area contributed by atoms with E-state index in [1.165, 1.54) is 0 Å². The molecule has 2 aromatic carbocycles. The van der Waals surface area contributed by atoms with Crippen LogP contribution in [-0.2, 0) is 14.2 Å². The second kappa shape index (κ2) is 15.0. The van der Waals surface area contributed by atoms with Gasteiger partial charge in [-0.15, -0.1) is 0 Å². The van der Waals surface area contributed by atoms with Crippen molar-refractivity contribution in [2.75, 3.05) is 19.8 Å². The van der Waals surface area contributed by atoms with E-state index in [2.05, 4.69) is 12.2 Å². The standard InChI is InChI=1S/C26H33NO12/c1-2-3-4-5-6-7-8-37-26(36)27-13-17(39-25(35)16-11-20(30)23(33)21(31)12-16)14-38-24(34)15-9-18(28)22(32)19(29)10-15/h9-12,17,28-33H,2-8,13-14H2,1H3,(H,27,36). The lowest BCUT2D eigenvalue weighted by molar-refractivity contribution is -0.000360. The van der Waals surface area contributed by atoms with Gasteiger partial charge in [0.15, 0.2) is 40.6 Å². The lowest BCUT2D eigenvalue weighted by atomic mass is 10.1. The van der Waals surface area contributed by atoms with Crippen molar-refractivity contribution in [1.82, 2.24) is 5.32 Å². The third kappa shape index (κ3) is 9.68. The van der Waals surface area contributed by atoms with Crippen molar-refractivity contribution in [1.29, 1.82) is 0 Å². The average Bonchev–Trinajstić information content (AvgIpc) is 2.90. The van der Waals surface area contributed by atoms with Gasteiger partial charge in [-0.2, -0.15) is 0 Å². The Balaban J connectivity index is 2.01. The number of hydrogen-bond acceptors (Lipinski definition) is 12. The van der Waals surface area contributed by atoms with Crippen molar-refractivity contribution in [3.8, 4) is 34.5 Å². The zero-order chi connectivity index (χ0) is 28.9. The number of phenols is 6. The molecule has 13 heteroatoms. The Hall–Kier alpha value is -4.55. The SMILES string of the molecule is CCCCCCCCOC(=O)NCC(COC(=O)c1cc(O)c(O)c(O)c1)OC(=O)c1cc(O)c(O)c(O)c1. The first-order chi connectivity index (χ1) is 18.5. The number of carbonyl (C=O) groups is 3. The fraction of sp³-hybridized carbons (Fsp3) is 0.423. The van der Waals surface area contributed by atoms with Crippen LogP contribution in [0.1, 0.15) is 66.2 Å². The molecule has 13 nitrogen and oxygen atoms in total. The normalized spacial score (nSPS) is 11.4. The maximum absolute atomic E-state index is 12.6. The Labute approximate surface area is 224 Å². The summed E-state index contributed by atoms with van der Waals surface area (Å²) in [5, 5.41) is 59.8. The van der Waals surface area contributed by atoms with Gasteiger partial charge in [0, 0.05) is 0 Å². The number of nitrogens with one attached hydrogen (secondary N) is 1. The van der Waals surface area contributed by atoms with Crippen molar-refractivity contribution in [2.45, 2.75) is 51.6 Å². The summed E-state index contributed by atoms with van der Waals surface area (Å²) in [6.07, 6.45) is 3.88. The third-order valence-corrected chi connectivity index (χ3v) is 5.49. The number of unbranched alkanes of at least 4 members (excludes halogenated alkanes) is 5. The summed E-state index contributed by atoms with van der Waals surface area (Å²) >= 11 is 0. The van der Waals surface area contributed by atoms with Gasteiger partial charge in [-0.3, -0.25) is 0 Å². The number of amides is 1. The highest BCUT2D eigenvalue weighted by molar-refractivity contribution is 5.92. The molecule has 0 aliphatic heterocycles. The lowest BCUT2D eigenvalue weighted by Crippen LogP contribution is -2.38. The van der Waals surface area contributed by atoms with Gasteiger partial charge in [0.25, 0.3) is 0 Å². The Morgan fingerprint density at radius 3 is 1.74 bits per heavy atom. The van der Waals surface area contributed by atoms with E-state index in [-0.39, 0.29) is 24.3 Å². The van der Waals surface area contributed by atoms with Crippen molar-refractivity contribution < 1.29 is 59.2 Å². The van der Waals surface area contributed by atoms with E-state index < -0.39 is 65.2 Å². The molecular formula is C26H33NO12. The molecular weight excluding hydrogens is 518 g/mol. The summed E-state index contributed by atoms with van der Waals surface area (Å²) < 4.78 is 15.4. The molecule has 39 heavy (non-hydrogen) atoms. The quantitative estimate of drug-likeness (QED) is 0.0779. The van der Waals surface area contributed by atoms with Crippen molar-refractivity contribution in [2.24, 2.45) is 0 Å². The highest BCUT2D eigenvalue weighted by Gasteiger charge is 2.23. The minimum absolute atomic E-state index is 0.178. The second-order valence-corrected chi connectivity index (χ2v) is 8.64. The molecule has 0 aromatic heterocycles. The van der Waals surface area contributed by atoms with Crippen molar-refractivity contribution in [3.05, 3.63) is 35.4 Å². The number of aromatic hydroxyl groups is 6. The molecule has 0 spiro atoms. The van der Waals surface area contributed by atoms with Crippen LogP contribution < -0.4 is 5.32 Å². The summed E-state index contributed by atoms with van der Waals surface area (Å²) in [5.41, 5.74) is -0.675. The summed E-state index contributed by atoms with van der Waals surface area (Å²) in [4.78, 5) is 37.0. The van der Waals surface area contributed by atoms with Gasteiger partial charge < -0.3 is 50.2 Å². The summed E-state index contributed by atoms with van der Waals surface area (Å²) in [6, 6.07) is 3.37. The van der Waals surface area contributed by atoms with E-state index in [0.717, 1.165) is 56.4 Å². The monoisotopic (exact) mass is 551 g/mol. The summed E-state index contributed by atoms with van der Waals surface area (Å²) in [5.74, 6) is -6.94. The van der Waals surface area contributed by atoms with Crippen molar-refractivity contribution in [3.63, 3.8) is 0 Å². The predicted molar refractivity (Wildman–Crippen MR) is 135 cm³/mol. The van der Waals surface area contributed by atoms with Gasteiger partial charge in [-0.05, 0) is 30.7 Å². The van der Waals surface area contributed by atoms with Crippen LogP contribution in [0.15, 0.2) is 24.3 Å². The number of alkyl carbamates (subject to hydrolysis) is 1. The van der Waals surface area contributed by atoms with E-state index in [9.17, 15) is 45.0 Å². The number of benzene rings is 2. The Morgan fingerprint density at radius 1 is 0.718 bits per heavy atom. The maximum atomic E-state index is 12.6. The van der Waals surface area contributed by atoms with Crippen LogP contribution in [0.4, 0.5) is 4.79 Å². The zero-order valence-corrected chi connectivity index (χ0v) is 21.4. The largest absolute Gasteiger partial charge is 0.504 e. The van der Waals surface area contributed by atoms with Crippen LogP contribution in [0.2, 0.25) is 0 Å². The number of esters is 2. The smallest absolute Gasteiger partial charge is 0.407 e. The van der Waals surface area contributed by atoms with E-state index in [0.29, 0.717) is 6.42 Å². The molecule has 0 saturated heterocycles. The predicted octanol–water partition coefficient (Wildman–Crippen LogP) is 3.39. The van der Waals surface area contributed by atoms with E-state index in [1.54, 1.807) is 0 Å². The summed E-state index contributed by atoms with van der Waals surface area (Å²) in [7, 11) is 0. The number of hydrogen-bond donors (Lipinski definition) is 7. The van der Waals surface area contributed by atoms with Crippen LogP contribution in [-0.4, -0.2) is 74.5 Å². The van der Waals surface area contributed by atoms with Crippen LogP contribution in [0, 0.1) is 0 Å². The molecule has 1 atom stereocenters. The third-order valence-electron chi connectivity index (χ3n) is 5.49. The topological polar surface area (TPSA) is 212 Å². The number of rotatable bonds is 14.